The maximum atomic E-state index is 8.55. The van der Waals surface area contributed by atoms with Crippen molar-refractivity contribution in [3.05, 3.63) is 0 Å². The number of hydrogen-bond donors (Lipinski definition) is 0. The van der Waals surface area contributed by atoms with Gasteiger partial charge in [0.2, 0.25) is 0 Å². The van der Waals surface area contributed by atoms with Crippen molar-refractivity contribution in [3.8, 4) is 0 Å². The first-order valence-corrected chi connectivity index (χ1v) is 2.19. The molecule has 0 bridgehead atoms. The zero-order chi connectivity index (χ0) is 4.50. The fraction of sp³-hybridized carbons (Fsp3) is 0. The molecule has 0 heterocycles. The zero-order valence-electron chi connectivity index (χ0n) is 2.86. The average molecular weight is 171 g/mol. The van der Waals surface area contributed by atoms with Gasteiger partial charge in [-0.2, -0.15) is 7.82 Å². The minimum atomic E-state index is -5.39. The van der Waals surface area contributed by atoms with Gasteiger partial charge in [-0.05, 0) is 0 Å². The van der Waals surface area contributed by atoms with E-state index in [2.05, 4.69) is 0 Å². The van der Waals surface area contributed by atoms with Gasteiger partial charge in [-0.3, -0.25) is 0 Å². The van der Waals surface area contributed by atoms with Gasteiger partial charge in [0.25, 0.3) is 0 Å². The van der Waals surface area contributed by atoms with E-state index in [4.69, 9.17) is 19.2 Å². The maximum Gasteiger partial charge on any atom is 4.00 e. The molecule has 0 spiro atoms. The molecule has 1 radical (unpaired) electrons. The van der Waals surface area contributed by atoms with Crippen molar-refractivity contribution in [1.82, 2.24) is 0 Å². The van der Waals surface area contributed by atoms with E-state index < -0.39 is 7.82 Å². The van der Waals surface area contributed by atoms with Crippen molar-refractivity contribution in [2.45, 2.75) is 0 Å². The molecule has 0 amide bonds. The fourth-order valence-corrected chi connectivity index (χ4v) is 0. The molecule has 0 fully saturated rings. The summed E-state index contributed by atoms with van der Waals surface area (Å²) in [6.07, 6.45) is 0. The number of hydrogen-bond acceptors (Lipinski definition) is 5. The van der Waals surface area contributed by atoms with Crippen molar-refractivity contribution in [2.75, 3.05) is 0 Å². The largest absolute Gasteiger partial charge is 4.00 e. The van der Waals surface area contributed by atoms with Crippen molar-refractivity contribution >= 4 is 7.82 Å². The van der Waals surface area contributed by atoms with Crippen LogP contribution in [0.5, 0.6) is 0 Å². The van der Waals surface area contributed by atoms with Crippen LogP contribution in [0.1, 0.15) is 0 Å². The quantitative estimate of drug-likeness (QED) is 0.360. The Balaban J connectivity index is -0.0000000800. The second-order valence-electron chi connectivity index (χ2n) is 0.447. The Morgan fingerprint density at radius 1 is 1.14 bits per heavy atom. The van der Waals surface area contributed by atoms with E-state index in [0.717, 1.165) is 0 Å². The summed E-state index contributed by atoms with van der Waals surface area (Å²) >= 11 is 0. The second-order valence-corrected chi connectivity index (χ2v) is 1.34. The monoisotopic (exact) mass is 171 g/mol. The Hall–Kier alpha value is 0.576. The van der Waals surface area contributed by atoms with Crippen LogP contribution in [-0.2, 0) is 21.3 Å². The summed E-state index contributed by atoms with van der Waals surface area (Å²) < 4.78 is 8.55. The summed E-state index contributed by atoms with van der Waals surface area (Å²) in [4.78, 5) is 25.6. The SMILES string of the molecule is O=P([O-])([O-])[O-].[Co+4].[OH-]. The molecule has 0 unspecified atom stereocenters. The topological polar surface area (TPSA) is 116 Å². The zero-order valence-corrected chi connectivity index (χ0v) is 4.80. The molecule has 0 atom stereocenters. The number of phosphoric acid groups is 1. The predicted molar refractivity (Wildman–Crippen MR) is 9.54 cm³/mol. The Bertz CT molecular complexity index is 54.2. The summed E-state index contributed by atoms with van der Waals surface area (Å²) in [6.45, 7) is 0. The first kappa shape index (κ1) is 15.6. The summed E-state index contributed by atoms with van der Waals surface area (Å²) in [7, 11) is -5.39. The third kappa shape index (κ3) is 414. The fourth-order valence-electron chi connectivity index (χ4n) is 0. The van der Waals surface area contributed by atoms with Crippen LogP contribution in [-0.4, -0.2) is 5.48 Å². The van der Waals surface area contributed by atoms with E-state index in [0.29, 0.717) is 0 Å². The van der Waals surface area contributed by atoms with Crippen LogP contribution in [0.3, 0.4) is 0 Å². The minimum Gasteiger partial charge on any atom is -0.870 e. The van der Waals surface area contributed by atoms with Gasteiger partial charge in [0.05, 0.1) is 0 Å². The Labute approximate surface area is 50.1 Å². The van der Waals surface area contributed by atoms with Crippen molar-refractivity contribution in [3.63, 3.8) is 0 Å². The number of rotatable bonds is 0. The van der Waals surface area contributed by atoms with E-state index in [1.54, 1.807) is 0 Å². The van der Waals surface area contributed by atoms with Gasteiger partial charge >= 0.3 is 16.8 Å². The van der Waals surface area contributed by atoms with Gasteiger partial charge in [0.15, 0.2) is 0 Å². The van der Waals surface area contributed by atoms with Crippen LogP contribution < -0.4 is 14.7 Å². The third-order valence-corrected chi connectivity index (χ3v) is 0. The van der Waals surface area contributed by atoms with Crippen LogP contribution in [0, 0.1) is 0 Å². The van der Waals surface area contributed by atoms with Crippen molar-refractivity contribution in [1.29, 1.82) is 0 Å². The summed E-state index contributed by atoms with van der Waals surface area (Å²) in [5.41, 5.74) is 0. The molecule has 45 valence electrons. The molecule has 0 aliphatic heterocycles. The van der Waals surface area contributed by atoms with Gasteiger partial charge < -0.3 is 24.7 Å². The summed E-state index contributed by atoms with van der Waals surface area (Å²) in [6, 6.07) is 0. The van der Waals surface area contributed by atoms with Crippen LogP contribution >= 0.6 is 7.82 Å². The Kier molecular flexibility index (Phi) is 10.6. The third-order valence-electron chi connectivity index (χ3n) is 0. The molecule has 7 heteroatoms. The molecule has 7 heavy (non-hydrogen) atoms. The standard InChI is InChI=1S/Co.H3O4P.H2O/c;1-5(2,3)4;/h;(H3,1,2,3,4);1H2/q+4;;/p-4. The molecule has 0 aromatic rings. The van der Waals surface area contributed by atoms with Crippen molar-refractivity contribution in [2.24, 2.45) is 0 Å². The minimum absolute atomic E-state index is 0. The molecule has 0 rings (SSSR count). The van der Waals surface area contributed by atoms with Gasteiger partial charge in [0, 0.05) is 0 Å². The van der Waals surface area contributed by atoms with Crippen LogP contribution in [0.25, 0.3) is 0 Å². The molecular weight excluding hydrogens is 170 g/mol. The molecule has 0 aliphatic carbocycles. The second kappa shape index (κ2) is 4.73. The summed E-state index contributed by atoms with van der Waals surface area (Å²) in [5, 5.41) is 0. The van der Waals surface area contributed by atoms with Crippen LogP contribution in [0.2, 0.25) is 0 Å². The molecule has 0 aromatic heterocycles. The summed E-state index contributed by atoms with van der Waals surface area (Å²) in [5.74, 6) is 0. The van der Waals surface area contributed by atoms with E-state index >= 15 is 0 Å². The maximum absolute atomic E-state index is 8.55. The van der Waals surface area contributed by atoms with Crippen LogP contribution in [0.4, 0.5) is 0 Å². The molecule has 1 N–H and O–H groups in total. The molecule has 0 saturated heterocycles. The molecule has 5 nitrogen and oxygen atoms in total. The first-order chi connectivity index (χ1) is 2.00. The molecule has 0 aliphatic rings. The van der Waals surface area contributed by atoms with E-state index in [-0.39, 0.29) is 22.3 Å². The first-order valence-electron chi connectivity index (χ1n) is 0.730. The van der Waals surface area contributed by atoms with E-state index in [1.807, 2.05) is 0 Å². The Morgan fingerprint density at radius 2 is 1.14 bits per heavy atom. The Morgan fingerprint density at radius 3 is 1.14 bits per heavy atom. The van der Waals surface area contributed by atoms with Gasteiger partial charge in [-0.25, -0.2) is 0 Å². The van der Waals surface area contributed by atoms with Crippen molar-refractivity contribution < 1.29 is 41.5 Å². The van der Waals surface area contributed by atoms with Gasteiger partial charge in [-0.15, -0.1) is 0 Å². The molecular formula is HCoO5P. The smallest absolute Gasteiger partial charge is 0.870 e. The predicted octanol–water partition coefficient (Wildman–Crippen LogP) is -3.00. The van der Waals surface area contributed by atoms with Gasteiger partial charge in [-0.1, -0.05) is 0 Å². The van der Waals surface area contributed by atoms with Gasteiger partial charge in [0.1, 0.15) is 0 Å². The van der Waals surface area contributed by atoms with E-state index in [1.165, 1.54) is 0 Å². The van der Waals surface area contributed by atoms with E-state index in [9.17, 15) is 0 Å². The average Bonchev–Trinajstić information content (AvgIpc) is 0.722. The van der Waals surface area contributed by atoms with Crippen LogP contribution in [0.15, 0.2) is 0 Å². The molecule has 0 saturated carbocycles. The molecule has 0 aromatic carbocycles. The normalized spacial score (nSPS) is 8.43.